The van der Waals surface area contributed by atoms with Crippen LogP contribution in [0.5, 0.6) is 0 Å². The molecule has 0 fully saturated rings. The zero-order valence-electron chi connectivity index (χ0n) is 14.1. The summed E-state index contributed by atoms with van der Waals surface area (Å²) in [6, 6.07) is 6.23. The fourth-order valence-electron chi connectivity index (χ4n) is 2.55. The number of amides is 1. The van der Waals surface area contributed by atoms with Crippen molar-refractivity contribution in [2.24, 2.45) is 15.4 Å². The molecule has 2 rings (SSSR count). The molecule has 7 nitrogen and oxygen atoms in total. The Labute approximate surface area is 148 Å². The molecule has 3 N–H and O–H groups in total. The number of carbonyl (C=O) groups excluding carboxylic acids is 1. The Bertz CT molecular complexity index is 788. The van der Waals surface area contributed by atoms with E-state index in [2.05, 4.69) is 21.5 Å². The quantitative estimate of drug-likeness (QED) is 0.652. The van der Waals surface area contributed by atoms with Crippen molar-refractivity contribution in [3.63, 3.8) is 0 Å². The smallest absolute Gasteiger partial charge is 0.238 e. The van der Waals surface area contributed by atoms with Crippen LogP contribution in [0.3, 0.4) is 0 Å². The van der Waals surface area contributed by atoms with Crippen molar-refractivity contribution >= 4 is 15.9 Å². The van der Waals surface area contributed by atoms with Gasteiger partial charge < -0.3 is 5.32 Å². The van der Waals surface area contributed by atoms with Gasteiger partial charge in [-0.2, -0.15) is 10.2 Å². The lowest BCUT2D eigenvalue weighted by molar-refractivity contribution is -0.121. The first kappa shape index (κ1) is 19.1. The average molecular weight is 362 g/mol. The van der Waals surface area contributed by atoms with Crippen LogP contribution < -0.4 is 10.5 Å². The summed E-state index contributed by atoms with van der Waals surface area (Å²) in [5, 5.41) is 16.0. The highest BCUT2D eigenvalue weighted by molar-refractivity contribution is 7.89. The largest absolute Gasteiger partial charge is 0.353 e. The fraction of sp³-hybridized carbons (Fsp3) is 0.471. The second-order valence-corrected chi connectivity index (χ2v) is 7.81. The molecular formula is C17H22N4O3S. The summed E-state index contributed by atoms with van der Waals surface area (Å²) >= 11 is 0. The van der Waals surface area contributed by atoms with Crippen molar-refractivity contribution in [1.82, 2.24) is 5.32 Å². The third kappa shape index (κ3) is 5.96. The minimum Gasteiger partial charge on any atom is -0.353 e. The fourth-order valence-corrected chi connectivity index (χ4v) is 3.06. The molecule has 25 heavy (non-hydrogen) atoms. The molecule has 1 aliphatic rings. The van der Waals surface area contributed by atoms with Gasteiger partial charge in [-0.3, -0.25) is 4.79 Å². The van der Waals surface area contributed by atoms with E-state index in [0.717, 1.165) is 5.56 Å². The molecule has 1 heterocycles. The number of sulfonamides is 1. The zero-order valence-corrected chi connectivity index (χ0v) is 14.9. The van der Waals surface area contributed by atoms with Gasteiger partial charge in [0.25, 0.3) is 0 Å². The molecule has 134 valence electrons. The first-order chi connectivity index (χ1) is 11.7. The highest BCUT2D eigenvalue weighted by Crippen LogP contribution is 2.37. The SMILES string of the molecule is C#CCCC1(CCC(=O)NC(C)Cc2ccc(S(N)(=O)=O)cc2)N=N1. The van der Waals surface area contributed by atoms with E-state index in [1.807, 2.05) is 6.92 Å². The summed E-state index contributed by atoms with van der Waals surface area (Å²) in [6.45, 7) is 1.89. The zero-order chi connectivity index (χ0) is 18.5. The Morgan fingerprint density at radius 1 is 1.32 bits per heavy atom. The van der Waals surface area contributed by atoms with Crippen LogP contribution in [0.1, 0.15) is 38.2 Å². The van der Waals surface area contributed by atoms with Crippen LogP contribution in [-0.4, -0.2) is 26.0 Å². The van der Waals surface area contributed by atoms with Crippen LogP contribution >= 0.6 is 0 Å². The van der Waals surface area contributed by atoms with Crippen LogP contribution in [0.2, 0.25) is 0 Å². The molecule has 1 atom stereocenters. The van der Waals surface area contributed by atoms with Crippen LogP contribution in [0.15, 0.2) is 39.4 Å². The molecule has 1 aromatic rings. The van der Waals surface area contributed by atoms with Crippen molar-refractivity contribution in [1.29, 1.82) is 0 Å². The molecule has 0 radical (unpaired) electrons. The van der Waals surface area contributed by atoms with Gasteiger partial charge in [-0.25, -0.2) is 13.6 Å². The Morgan fingerprint density at radius 2 is 1.96 bits per heavy atom. The number of nitrogens with zero attached hydrogens (tertiary/aromatic N) is 2. The number of benzene rings is 1. The van der Waals surface area contributed by atoms with Crippen LogP contribution in [0.25, 0.3) is 0 Å². The number of hydrogen-bond acceptors (Lipinski definition) is 5. The highest BCUT2D eigenvalue weighted by Gasteiger charge is 2.39. The van der Waals surface area contributed by atoms with Gasteiger partial charge in [0.05, 0.1) is 4.90 Å². The van der Waals surface area contributed by atoms with Crippen molar-refractivity contribution in [2.45, 2.75) is 55.6 Å². The molecule has 0 saturated heterocycles. The number of terminal acetylenes is 1. The van der Waals surface area contributed by atoms with Crippen LogP contribution in [-0.2, 0) is 21.2 Å². The molecular weight excluding hydrogens is 340 g/mol. The van der Waals surface area contributed by atoms with E-state index in [4.69, 9.17) is 11.6 Å². The number of nitrogens with two attached hydrogens (primary N) is 1. The molecule has 1 unspecified atom stereocenters. The van der Waals surface area contributed by atoms with Gasteiger partial charge in [-0.05, 0) is 31.0 Å². The summed E-state index contributed by atoms with van der Waals surface area (Å²) in [6.07, 6.45) is 8.02. The van der Waals surface area contributed by atoms with Crippen molar-refractivity contribution in [2.75, 3.05) is 0 Å². The molecule has 0 spiro atoms. The first-order valence-corrected chi connectivity index (χ1v) is 9.57. The molecule has 0 aromatic heterocycles. The van der Waals surface area contributed by atoms with Gasteiger partial charge in [-0.15, -0.1) is 12.3 Å². The Kier molecular flexibility index (Phi) is 5.93. The second kappa shape index (κ2) is 7.76. The molecule has 8 heteroatoms. The first-order valence-electron chi connectivity index (χ1n) is 8.03. The molecule has 0 aliphatic carbocycles. The van der Waals surface area contributed by atoms with E-state index in [1.54, 1.807) is 12.1 Å². The summed E-state index contributed by atoms with van der Waals surface area (Å²) in [5.41, 5.74) is 0.467. The van der Waals surface area contributed by atoms with E-state index in [-0.39, 0.29) is 16.8 Å². The van der Waals surface area contributed by atoms with Crippen LogP contribution in [0.4, 0.5) is 0 Å². The third-order valence-electron chi connectivity index (χ3n) is 4.01. The second-order valence-electron chi connectivity index (χ2n) is 6.25. The lowest BCUT2D eigenvalue weighted by atomic mass is 10.0. The van der Waals surface area contributed by atoms with Crippen molar-refractivity contribution < 1.29 is 13.2 Å². The normalized spacial score (nSPS) is 16.0. The van der Waals surface area contributed by atoms with Gasteiger partial charge in [0.2, 0.25) is 15.9 Å². The van der Waals surface area contributed by atoms with Gasteiger partial charge in [-0.1, -0.05) is 12.1 Å². The highest BCUT2D eigenvalue weighted by atomic mass is 32.2. The standard InChI is InChI=1S/C17H22N4O3S/c1-3-4-10-17(20-21-17)11-9-16(22)19-13(2)12-14-5-7-15(8-6-14)25(18,23)24/h1,5-8,13H,4,9-12H2,2H3,(H,19,22)(H2,18,23,24). The monoisotopic (exact) mass is 362 g/mol. The predicted molar refractivity (Wildman–Crippen MR) is 94.0 cm³/mol. The summed E-state index contributed by atoms with van der Waals surface area (Å²) in [7, 11) is -3.69. The molecule has 1 aliphatic heterocycles. The van der Waals surface area contributed by atoms with E-state index >= 15 is 0 Å². The summed E-state index contributed by atoms with van der Waals surface area (Å²) < 4.78 is 22.5. The van der Waals surface area contributed by atoms with E-state index in [1.165, 1.54) is 12.1 Å². The number of primary sulfonamides is 1. The maximum atomic E-state index is 12.0. The number of hydrogen-bond donors (Lipinski definition) is 2. The summed E-state index contributed by atoms with van der Waals surface area (Å²) in [4.78, 5) is 12.1. The van der Waals surface area contributed by atoms with E-state index in [9.17, 15) is 13.2 Å². The van der Waals surface area contributed by atoms with E-state index < -0.39 is 15.7 Å². The average Bonchev–Trinajstić information content (AvgIpc) is 3.31. The molecule has 0 saturated carbocycles. The molecule has 1 aromatic carbocycles. The lowest BCUT2D eigenvalue weighted by Crippen LogP contribution is -2.34. The Hall–Kier alpha value is -2.24. The minimum absolute atomic E-state index is 0.0639. The van der Waals surface area contributed by atoms with E-state index in [0.29, 0.717) is 32.1 Å². The molecule has 1 amide bonds. The van der Waals surface area contributed by atoms with Gasteiger partial charge >= 0.3 is 0 Å². The van der Waals surface area contributed by atoms with Crippen LogP contribution in [0, 0.1) is 12.3 Å². The maximum Gasteiger partial charge on any atom is 0.238 e. The Balaban J connectivity index is 1.77. The minimum atomic E-state index is -3.69. The van der Waals surface area contributed by atoms with Gasteiger partial charge in [0.15, 0.2) is 5.66 Å². The Morgan fingerprint density at radius 3 is 2.48 bits per heavy atom. The van der Waals surface area contributed by atoms with Crippen molar-refractivity contribution in [3.8, 4) is 12.3 Å². The summed E-state index contributed by atoms with van der Waals surface area (Å²) in [5.74, 6) is 2.49. The topological polar surface area (TPSA) is 114 Å². The van der Waals surface area contributed by atoms with Gasteiger partial charge in [0.1, 0.15) is 0 Å². The number of nitrogens with one attached hydrogen (secondary N) is 1. The lowest BCUT2D eigenvalue weighted by Gasteiger charge is -2.15. The maximum absolute atomic E-state index is 12.0. The number of rotatable bonds is 9. The third-order valence-corrected chi connectivity index (χ3v) is 4.94. The number of carbonyl (C=O) groups is 1. The van der Waals surface area contributed by atoms with Crippen molar-refractivity contribution in [3.05, 3.63) is 29.8 Å². The predicted octanol–water partition coefficient (Wildman–Crippen LogP) is 1.74. The molecule has 0 bridgehead atoms. The van der Waals surface area contributed by atoms with Gasteiger partial charge in [0, 0.05) is 31.7 Å².